The van der Waals surface area contributed by atoms with Gasteiger partial charge in [-0.15, -0.1) is 0 Å². The largest absolute Gasteiger partial charge is 0.375 e. The second-order valence-electron chi connectivity index (χ2n) is 6.37. The van der Waals surface area contributed by atoms with Gasteiger partial charge in [0.1, 0.15) is 5.82 Å². The van der Waals surface area contributed by atoms with E-state index in [1.54, 1.807) is 0 Å². The van der Waals surface area contributed by atoms with E-state index >= 15 is 0 Å². The molecule has 0 spiro atoms. The van der Waals surface area contributed by atoms with Crippen LogP contribution in [0.4, 0.5) is 5.82 Å². The van der Waals surface area contributed by atoms with Crippen molar-refractivity contribution in [3.8, 4) is 0 Å². The number of anilines is 1. The topological polar surface area (TPSA) is 37.4 Å². The van der Waals surface area contributed by atoms with E-state index in [0.29, 0.717) is 0 Å². The molecule has 1 fully saturated rings. The molecule has 1 N–H and O–H groups in total. The van der Waals surface area contributed by atoms with Crippen LogP contribution >= 0.6 is 15.9 Å². The standard InChI is InChI=1S/C15H24BrN3O/c1-11-10-19(5-6-20-11)14-12(7-13(16)9-17-14)8-18-15(2,3)4/h7,9,11,18H,5-6,8,10H2,1-4H3. The van der Waals surface area contributed by atoms with Crippen molar-refractivity contribution >= 4 is 21.7 Å². The molecular formula is C15H24BrN3O. The molecule has 112 valence electrons. The van der Waals surface area contributed by atoms with Crippen molar-refractivity contribution in [2.24, 2.45) is 0 Å². The Morgan fingerprint density at radius 2 is 2.25 bits per heavy atom. The first kappa shape index (κ1) is 15.7. The minimum absolute atomic E-state index is 0.0951. The number of nitrogens with zero attached hydrogens (tertiary/aromatic N) is 2. The van der Waals surface area contributed by atoms with E-state index in [-0.39, 0.29) is 11.6 Å². The zero-order chi connectivity index (χ0) is 14.8. The van der Waals surface area contributed by atoms with E-state index in [0.717, 1.165) is 36.5 Å². The number of pyridine rings is 1. The quantitative estimate of drug-likeness (QED) is 0.917. The fourth-order valence-electron chi connectivity index (χ4n) is 2.26. The van der Waals surface area contributed by atoms with Crippen LogP contribution in [0.1, 0.15) is 33.3 Å². The summed E-state index contributed by atoms with van der Waals surface area (Å²) < 4.78 is 6.63. The zero-order valence-corrected chi connectivity index (χ0v) is 14.3. The van der Waals surface area contributed by atoms with Gasteiger partial charge in [-0.2, -0.15) is 0 Å². The number of nitrogens with one attached hydrogen (secondary N) is 1. The number of ether oxygens (including phenoxy) is 1. The predicted octanol–water partition coefficient (Wildman–Crippen LogP) is 2.96. The Hall–Kier alpha value is -0.650. The van der Waals surface area contributed by atoms with Crippen molar-refractivity contribution in [3.05, 3.63) is 22.3 Å². The maximum Gasteiger partial charge on any atom is 0.133 e. The Morgan fingerprint density at radius 1 is 1.50 bits per heavy atom. The molecule has 2 heterocycles. The number of hydrogen-bond acceptors (Lipinski definition) is 4. The van der Waals surface area contributed by atoms with Crippen molar-refractivity contribution < 1.29 is 4.74 Å². The van der Waals surface area contributed by atoms with Crippen LogP contribution in [-0.4, -0.2) is 36.3 Å². The lowest BCUT2D eigenvalue weighted by atomic mass is 10.1. The molecular weight excluding hydrogens is 318 g/mol. The molecule has 0 aromatic carbocycles. The van der Waals surface area contributed by atoms with Crippen LogP contribution in [0.25, 0.3) is 0 Å². The monoisotopic (exact) mass is 341 g/mol. The first-order chi connectivity index (χ1) is 9.35. The van der Waals surface area contributed by atoms with Crippen molar-refractivity contribution in [1.82, 2.24) is 10.3 Å². The normalized spacial score (nSPS) is 20.2. The number of hydrogen-bond donors (Lipinski definition) is 1. The summed E-state index contributed by atoms with van der Waals surface area (Å²) >= 11 is 3.52. The minimum atomic E-state index is 0.0951. The molecule has 0 radical (unpaired) electrons. The highest BCUT2D eigenvalue weighted by molar-refractivity contribution is 9.10. The number of morpholine rings is 1. The Kier molecular flexibility index (Phi) is 5.04. The highest BCUT2D eigenvalue weighted by Crippen LogP contribution is 2.24. The molecule has 1 aliphatic rings. The average Bonchev–Trinajstić information content (AvgIpc) is 2.35. The summed E-state index contributed by atoms with van der Waals surface area (Å²) in [5.74, 6) is 1.07. The Bertz CT molecular complexity index is 459. The molecule has 1 aliphatic heterocycles. The van der Waals surface area contributed by atoms with Gasteiger partial charge in [0, 0.05) is 41.4 Å². The van der Waals surface area contributed by atoms with Crippen molar-refractivity contribution in [2.45, 2.75) is 45.9 Å². The molecule has 1 unspecified atom stereocenters. The summed E-state index contributed by atoms with van der Waals surface area (Å²) in [6.07, 6.45) is 2.13. The highest BCUT2D eigenvalue weighted by Gasteiger charge is 2.21. The number of halogens is 1. The molecule has 20 heavy (non-hydrogen) atoms. The summed E-state index contributed by atoms with van der Waals surface area (Å²) in [5, 5.41) is 3.54. The van der Waals surface area contributed by atoms with Crippen LogP contribution < -0.4 is 10.2 Å². The average molecular weight is 342 g/mol. The van der Waals surface area contributed by atoms with Gasteiger partial charge in [-0.1, -0.05) is 0 Å². The second kappa shape index (κ2) is 6.41. The smallest absolute Gasteiger partial charge is 0.133 e. The van der Waals surface area contributed by atoms with Crippen molar-refractivity contribution in [2.75, 3.05) is 24.6 Å². The third-order valence-corrected chi connectivity index (χ3v) is 3.69. The predicted molar refractivity (Wildman–Crippen MR) is 86.2 cm³/mol. The first-order valence-corrected chi connectivity index (χ1v) is 7.90. The van der Waals surface area contributed by atoms with Gasteiger partial charge < -0.3 is 15.0 Å². The molecule has 0 aliphatic carbocycles. The molecule has 1 saturated heterocycles. The summed E-state index contributed by atoms with van der Waals surface area (Å²) in [6.45, 7) is 12.0. The highest BCUT2D eigenvalue weighted by atomic mass is 79.9. The minimum Gasteiger partial charge on any atom is -0.375 e. The van der Waals surface area contributed by atoms with Crippen molar-refractivity contribution in [3.63, 3.8) is 0 Å². The SMILES string of the molecule is CC1CN(c2ncc(Br)cc2CNC(C)(C)C)CCO1. The van der Waals surface area contributed by atoms with Gasteiger partial charge in [-0.25, -0.2) is 4.98 Å². The van der Waals surface area contributed by atoms with Crippen LogP contribution in [-0.2, 0) is 11.3 Å². The van der Waals surface area contributed by atoms with Gasteiger partial charge in [-0.05, 0) is 49.7 Å². The molecule has 4 nitrogen and oxygen atoms in total. The van der Waals surface area contributed by atoms with Crippen LogP contribution in [0.15, 0.2) is 16.7 Å². The summed E-state index contributed by atoms with van der Waals surface area (Å²) in [6, 6.07) is 2.15. The summed E-state index contributed by atoms with van der Waals surface area (Å²) in [5.41, 5.74) is 1.32. The van der Waals surface area contributed by atoms with Gasteiger partial charge in [-0.3, -0.25) is 0 Å². The molecule has 0 amide bonds. The van der Waals surface area contributed by atoms with E-state index in [4.69, 9.17) is 4.74 Å². The summed E-state index contributed by atoms with van der Waals surface area (Å²) in [4.78, 5) is 6.94. The van der Waals surface area contributed by atoms with E-state index in [2.05, 4.69) is 64.9 Å². The van der Waals surface area contributed by atoms with E-state index in [9.17, 15) is 0 Å². The lowest BCUT2D eigenvalue weighted by Crippen LogP contribution is -2.42. The Labute approximate surface area is 130 Å². The van der Waals surface area contributed by atoms with Gasteiger partial charge in [0.05, 0.1) is 12.7 Å². The third-order valence-electron chi connectivity index (χ3n) is 3.26. The molecule has 1 atom stereocenters. The lowest BCUT2D eigenvalue weighted by Gasteiger charge is -2.33. The van der Waals surface area contributed by atoms with E-state index < -0.39 is 0 Å². The first-order valence-electron chi connectivity index (χ1n) is 7.11. The second-order valence-corrected chi connectivity index (χ2v) is 7.28. The van der Waals surface area contributed by atoms with Crippen LogP contribution in [0.2, 0.25) is 0 Å². The molecule has 1 aromatic heterocycles. The molecule has 5 heteroatoms. The van der Waals surface area contributed by atoms with Crippen LogP contribution in [0.5, 0.6) is 0 Å². The fraction of sp³-hybridized carbons (Fsp3) is 0.667. The maximum atomic E-state index is 5.61. The van der Waals surface area contributed by atoms with Crippen LogP contribution in [0.3, 0.4) is 0 Å². The third kappa shape index (κ3) is 4.43. The Balaban J connectivity index is 2.18. The molecule has 0 saturated carbocycles. The van der Waals surface area contributed by atoms with Crippen LogP contribution in [0, 0.1) is 0 Å². The van der Waals surface area contributed by atoms with E-state index in [1.165, 1.54) is 5.56 Å². The lowest BCUT2D eigenvalue weighted by molar-refractivity contribution is 0.0528. The molecule has 2 rings (SSSR count). The van der Waals surface area contributed by atoms with Crippen molar-refractivity contribution in [1.29, 1.82) is 0 Å². The van der Waals surface area contributed by atoms with E-state index in [1.807, 2.05) is 6.20 Å². The number of aromatic nitrogens is 1. The number of rotatable bonds is 3. The fourth-order valence-corrected chi connectivity index (χ4v) is 2.64. The summed E-state index contributed by atoms with van der Waals surface area (Å²) in [7, 11) is 0. The zero-order valence-electron chi connectivity index (χ0n) is 12.7. The Morgan fingerprint density at radius 3 is 2.90 bits per heavy atom. The molecule has 0 bridgehead atoms. The maximum absolute atomic E-state index is 5.61. The van der Waals surface area contributed by atoms with Gasteiger partial charge in [0.15, 0.2) is 0 Å². The molecule has 1 aromatic rings. The van der Waals surface area contributed by atoms with Gasteiger partial charge in [0.25, 0.3) is 0 Å². The van der Waals surface area contributed by atoms with Gasteiger partial charge in [0.2, 0.25) is 0 Å². The van der Waals surface area contributed by atoms with Gasteiger partial charge >= 0.3 is 0 Å².